The number of hydrogen-bond donors (Lipinski definition) is 1. The average Bonchev–Trinajstić information content (AvgIpc) is 2.25. The van der Waals surface area contributed by atoms with E-state index in [0.717, 1.165) is 0 Å². The van der Waals surface area contributed by atoms with Gasteiger partial charge in [0.05, 0.1) is 22.5 Å². The number of carboxylic acid groups (broad SMARTS) is 1. The van der Waals surface area contributed by atoms with Crippen molar-refractivity contribution in [2.45, 2.75) is 19.0 Å². The SMILES string of the molecule is O=C(O)Cc1c(C(F)(F)F)cnc(C(F)F)c1[N+](=O)[O-]. The molecule has 0 atom stereocenters. The largest absolute Gasteiger partial charge is 0.481 e. The number of nitrogens with zero attached hydrogens (tertiary/aromatic N) is 2. The molecule has 11 heteroatoms. The van der Waals surface area contributed by atoms with Gasteiger partial charge in [-0.3, -0.25) is 14.9 Å². The first-order valence-electron chi connectivity index (χ1n) is 4.79. The molecular weight excluding hydrogens is 295 g/mol. The number of hydrogen-bond acceptors (Lipinski definition) is 4. The number of pyridine rings is 1. The van der Waals surface area contributed by atoms with Crippen LogP contribution in [0.15, 0.2) is 6.20 Å². The quantitative estimate of drug-likeness (QED) is 0.524. The lowest BCUT2D eigenvalue weighted by atomic mass is 10.0. The lowest BCUT2D eigenvalue weighted by molar-refractivity contribution is -0.387. The summed E-state index contributed by atoms with van der Waals surface area (Å²) >= 11 is 0. The summed E-state index contributed by atoms with van der Waals surface area (Å²) in [5, 5.41) is 19.2. The number of alkyl halides is 5. The van der Waals surface area contributed by atoms with Crippen molar-refractivity contribution in [1.82, 2.24) is 4.98 Å². The zero-order chi connectivity index (χ0) is 15.7. The van der Waals surface area contributed by atoms with Gasteiger partial charge in [-0.1, -0.05) is 0 Å². The molecule has 0 aliphatic heterocycles. The molecule has 0 saturated carbocycles. The molecule has 1 heterocycles. The Bertz CT molecular complexity index is 558. The van der Waals surface area contributed by atoms with E-state index in [2.05, 4.69) is 4.98 Å². The van der Waals surface area contributed by atoms with E-state index in [-0.39, 0.29) is 6.20 Å². The highest BCUT2D eigenvalue weighted by molar-refractivity contribution is 5.73. The van der Waals surface area contributed by atoms with Crippen molar-refractivity contribution >= 4 is 11.7 Å². The number of carbonyl (C=O) groups is 1. The van der Waals surface area contributed by atoms with E-state index in [4.69, 9.17) is 5.11 Å². The maximum atomic E-state index is 12.6. The smallest absolute Gasteiger partial charge is 0.418 e. The highest BCUT2D eigenvalue weighted by atomic mass is 19.4. The van der Waals surface area contributed by atoms with Crippen molar-refractivity contribution in [3.05, 3.63) is 33.1 Å². The molecule has 0 aromatic carbocycles. The fraction of sp³-hybridized carbons (Fsp3) is 0.333. The number of aromatic nitrogens is 1. The summed E-state index contributed by atoms with van der Waals surface area (Å²) in [5.74, 6) is -1.83. The molecule has 0 fully saturated rings. The topological polar surface area (TPSA) is 93.3 Å². The molecular formula is C9H5F5N2O4. The minimum absolute atomic E-state index is 0.0350. The van der Waals surface area contributed by atoms with Gasteiger partial charge in [-0.25, -0.2) is 13.8 Å². The zero-order valence-electron chi connectivity index (χ0n) is 9.32. The van der Waals surface area contributed by atoms with Gasteiger partial charge in [-0.2, -0.15) is 13.2 Å². The Morgan fingerprint density at radius 1 is 1.45 bits per heavy atom. The molecule has 0 aliphatic carbocycles. The van der Waals surface area contributed by atoms with Crippen molar-refractivity contribution in [2.75, 3.05) is 0 Å². The molecule has 0 amide bonds. The number of halogens is 5. The first-order chi connectivity index (χ1) is 9.05. The number of nitro groups is 1. The summed E-state index contributed by atoms with van der Waals surface area (Å²) in [6, 6.07) is 0. The Morgan fingerprint density at radius 3 is 2.35 bits per heavy atom. The van der Waals surface area contributed by atoms with Gasteiger partial charge < -0.3 is 5.11 Å². The van der Waals surface area contributed by atoms with Crippen LogP contribution in [-0.4, -0.2) is 21.0 Å². The van der Waals surface area contributed by atoms with Gasteiger partial charge in [0.15, 0.2) is 5.69 Å². The first-order valence-corrected chi connectivity index (χ1v) is 4.79. The normalized spacial score (nSPS) is 11.7. The van der Waals surface area contributed by atoms with E-state index >= 15 is 0 Å². The Kier molecular flexibility index (Phi) is 4.20. The Hall–Kier alpha value is -2.33. The molecule has 110 valence electrons. The van der Waals surface area contributed by atoms with Gasteiger partial charge in [-0.15, -0.1) is 0 Å². The molecule has 0 bridgehead atoms. The summed E-state index contributed by atoms with van der Waals surface area (Å²) < 4.78 is 63.0. The lowest BCUT2D eigenvalue weighted by Gasteiger charge is -2.13. The number of aliphatic carboxylic acids is 1. The van der Waals surface area contributed by atoms with E-state index in [1.807, 2.05) is 0 Å². The van der Waals surface area contributed by atoms with Crippen molar-refractivity contribution in [1.29, 1.82) is 0 Å². The highest BCUT2D eigenvalue weighted by Crippen LogP contribution is 2.39. The van der Waals surface area contributed by atoms with Crippen LogP contribution in [0, 0.1) is 10.1 Å². The Morgan fingerprint density at radius 2 is 2.00 bits per heavy atom. The summed E-state index contributed by atoms with van der Waals surface area (Å²) in [5.41, 5.74) is -6.20. The predicted molar refractivity (Wildman–Crippen MR) is 52.2 cm³/mol. The zero-order valence-corrected chi connectivity index (χ0v) is 9.32. The second kappa shape index (κ2) is 5.35. The van der Waals surface area contributed by atoms with Crippen LogP contribution < -0.4 is 0 Å². The van der Waals surface area contributed by atoms with E-state index in [1.165, 1.54) is 0 Å². The molecule has 0 radical (unpaired) electrons. The molecule has 20 heavy (non-hydrogen) atoms. The fourth-order valence-corrected chi connectivity index (χ4v) is 1.49. The van der Waals surface area contributed by atoms with Crippen molar-refractivity contribution < 1.29 is 36.8 Å². The van der Waals surface area contributed by atoms with Gasteiger partial charge in [0.1, 0.15) is 0 Å². The third kappa shape index (κ3) is 3.16. The monoisotopic (exact) mass is 300 g/mol. The molecule has 1 aromatic heterocycles. The third-order valence-corrected chi connectivity index (χ3v) is 2.21. The van der Waals surface area contributed by atoms with Crippen molar-refractivity contribution in [3.63, 3.8) is 0 Å². The van der Waals surface area contributed by atoms with Crippen LogP contribution in [0.1, 0.15) is 23.2 Å². The van der Waals surface area contributed by atoms with E-state index < -0.39 is 52.4 Å². The lowest BCUT2D eigenvalue weighted by Crippen LogP contribution is -2.17. The molecule has 6 nitrogen and oxygen atoms in total. The Balaban J connectivity index is 3.70. The fourth-order valence-electron chi connectivity index (χ4n) is 1.49. The van der Waals surface area contributed by atoms with Gasteiger partial charge in [0.25, 0.3) is 6.43 Å². The van der Waals surface area contributed by atoms with Crippen LogP contribution in [0.4, 0.5) is 27.6 Å². The predicted octanol–water partition coefficient (Wildman–Crippen LogP) is 2.57. The van der Waals surface area contributed by atoms with Crippen LogP contribution in [-0.2, 0) is 17.4 Å². The second-order valence-corrected chi connectivity index (χ2v) is 3.51. The van der Waals surface area contributed by atoms with Gasteiger partial charge in [0, 0.05) is 6.20 Å². The van der Waals surface area contributed by atoms with Crippen molar-refractivity contribution in [2.24, 2.45) is 0 Å². The van der Waals surface area contributed by atoms with Crippen LogP contribution in [0.3, 0.4) is 0 Å². The average molecular weight is 300 g/mol. The van der Waals surface area contributed by atoms with E-state index in [1.54, 1.807) is 0 Å². The van der Waals surface area contributed by atoms with Gasteiger partial charge in [-0.05, 0) is 0 Å². The molecule has 0 aliphatic rings. The molecule has 1 aromatic rings. The van der Waals surface area contributed by atoms with Gasteiger partial charge >= 0.3 is 17.8 Å². The number of rotatable bonds is 4. The minimum atomic E-state index is -5.15. The number of carboxylic acids is 1. The maximum Gasteiger partial charge on any atom is 0.418 e. The second-order valence-electron chi connectivity index (χ2n) is 3.51. The molecule has 1 rings (SSSR count). The van der Waals surface area contributed by atoms with Crippen molar-refractivity contribution in [3.8, 4) is 0 Å². The maximum absolute atomic E-state index is 12.6. The summed E-state index contributed by atoms with van der Waals surface area (Å²) in [6.45, 7) is 0. The molecule has 0 saturated heterocycles. The molecule has 0 spiro atoms. The first kappa shape index (κ1) is 15.7. The Labute approximate surface area is 107 Å². The van der Waals surface area contributed by atoms with E-state index in [0.29, 0.717) is 0 Å². The summed E-state index contributed by atoms with van der Waals surface area (Å²) in [4.78, 5) is 22.4. The van der Waals surface area contributed by atoms with E-state index in [9.17, 15) is 36.9 Å². The van der Waals surface area contributed by atoms with Crippen LogP contribution in [0.5, 0.6) is 0 Å². The van der Waals surface area contributed by atoms with Crippen LogP contribution in [0.25, 0.3) is 0 Å². The van der Waals surface area contributed by atoms with Crippen LogP contribution in [0.2, 0.25) is 0 Å². The third-order valence-electron chi connectivity index (χ3n) is 2.21. The highest BCUT2D eigenvalue weighted by Gasteiger charge is 2.40. The minimum Gasteiger partial charge on any atom is -0.481 e. The summed E-state index contributed by atoms with van der Waals surface area (Å²) in [7, 11) is 0. The van der Waals surface area contributed by atoms with Crippen LogP contribution >= 0.6 is 0 Å². The van der Waals surface area contributed by atoms with Gasteiger partial charge in [0.2, 0.25) is 0 Å². The molecule has 1 N–H and O–H groups in total. The standard InChI is InChI=1S/C9H5F5N2O4/c10-8(11)6-7(16(19)20)3(1-5(17)18)4(2-15-6)9(12,13)14/h2,8H,1H2,(H,17,18). The summed E-state index contributed by atoms with van der Waals surface area (Å²) in [6.07, 6.45) is -10.1. The molecule has 0 unspecified atom stereocenters.